The number of amides is 1. The Morgan fingerprint density at radius 1 is 1.17 bits per heavy atom. The number of alkyl halides is 2. The van der Waals surface area contributed by atoms with Crippen LogP contribution in [0.5, 0.6) is 5.75 Å². The second-order valence-corrected chi connectivity index (χ2v) is 5.57. The van der Waals surface area contributed by atoms with E-state index >= 15 is 0 Å². The number of nitrogens with two attached hydrogens (primary N) is 1. The summed E-state index contributed by atoms with van der Waals surface area (Å²) in [7, 11) is 0. The molecule has 24 heavy (non-hydrogen) atoms. The SMILES string of the molecule is Cc1ccc(NC(=O)C(C)C(N)c2ccccc2)cc1OC(F)F. The van der Waals surface area contributed by atoms with Crippen molar-refractivity contribution in [2.24, 2.45) is 11.7 Å². The zero-order valence-corrected chi connectivity index (χ0v) is 13.5. The molecule has 0 bridgehead atoms. The van der Waals surface area contributed by atoms with Gasteiger partial charge in [0.2, 0.25) is 5.91 Å². The Bertz CT molecular complexity index is 693. The van der Waals surface area contributed by atoms with Crippen molar-refractivity contribution in [3.8, 4) is 5.75 Å². The van der Waals surface area contributed by atoms with Gasteiger partial charge in [0.25, 0.3) is 0 Å². The molecule has 0 heterocycles. The van der Waals surface area contributed by atoms with E-state index in [0.717, 1.165) is 5.56 Å². The number of aryl methyl sites for hydroxylation is 1. The molecule has 0 saturated carbocycles. The molecular formula is C18H20F2N2O2. The highest BCUT2D eigenvalue weighted by molar-refractivity contribution is 5.93. The molecule has 2 atom stereocenters. The Morgan fingerprint density at radius 3 is 2.46 bits per heavy atom. The van der Waals surface area contributed by atoms with Gasteiger partial charge in [-0.3, -0.25) is 4.79 Å². The molecule has 0 aliphatic heterocycles. The Kier molecular flexibility index (Phi) is 5.87. The van der Waals surface area contributed by atoms with Crippen LogP contribution in [-0.2, 0) is 4.79 Å². The van der Waals surface area contributed by atoms with Crippen molar-refractivity contribution in [3.63, 3.8) is 0 Å². The van der Waals surface area contributed by atoms with Gasteiger partial charge in [0.1, 0.15) is 5.75 Å². The van der Waals surface area contributed by atoms with Crippen LogP contribution in [0.4, 0.5) is 14.5 Å². The average molecular weight is 334 g/mol. The third kappa shape index (κ3) is 4.52. The molecule has 2 rings (SSSR count). The lowest BCUT2D eigenvalue weighted by molar-refractivity contribution is -0.120. The molecule has 0 spiro atoms. The summed E-state index contributed by atoms with van der Waals surface area (Å²) in [5, 5.41) is 2.69. The lowest BCUT2D eigenvalue weighted by Crippen LogP contribution is -2.30. The van der Waals surface area contributed by atoms with Crippen LogP contribution < -0.4 is 15.8 Å². The lowest BCUT2D eigenvalue weighted by atomic mass is 9.94. The van der Waals surface area contributed by atoms with Crippen molar-refractivity contribution in [2.75, 3.05) is 5.32 Å². The minimum Gasteiger partial charge on any atom is -0.434 e. The number of anilines is 1. The smallest absolute Gasteiger partial charge is 0.387 e. The molecule has 0 aromatic heterocycles. The first-order chi connectivity index (χ1) is 11.4. The highest BCUT2D eigenvalue weighted by Gasteiger charge is 2.22. The highest BCUT2D eigenvalue weighted by atomic mass is 19.3. The number of hydrogen-bond donors (Lipinski definition) is 2. The molecule has 0 saturated heterocycles. The van der Waals surface area contributed by atoms with Gasteiger partial charge in [-0.2, -0.15) is 8.78 Å². The predicted molar refractivity (Wildman–Crippen MR) is 89.0 cm³/mol. The Hall–Kier alpha value is -2.47. The predicted octanol–water partition coefficient (Wildman–Crippen LogP) is 3.87. The van der Waals surface area contributed by atoms with Crippen molar-refractivity contribution in [3.05, 3.63) is 59.7 Å². The van der Waals surface area contributed by atoms with E-state index in [1.165, 1.54) is 6.07 Å². The first-order valence-electron chi connectivity index (χ1n) is 7.55. The second kappa shape index (κ2) is 7.88. The largest absolute Gasteiger partial charge is 0.434 e. The van der Waals surface area contributed by atoms with E-state index in [-0.39, 0.29) is 11.7 Å². The summed E-state index contributed by atoms with van der Waals surface area (Å²) >= 11 is 0. The fraction of sp³-hybridized carbons (Fsp3) is 0.278. The zero-order valence-electron chi connectivity index (χ0n) is 13.5. The summed E-state index contributed by atoms with van der Waals surface area (Å²) in [5.74, 6) is -0.755. The maximum atomic E-state index is 12.4. The number of benzene rings is 2. The molecular weight excluding hydrogens is 314 g/mol. The van der Waals surface area contributed by atoms with Crippen molar-refractivity contribution >= 4 is 11.6 Å². The van der Waals surface area contributed by atoms with Gasteiger partial charge in [-0.05, 0) is 24.1 Å². The van der Waals surface area contributed by atoms with E-state index in [9.17, 15) is 13.6 Å². The van der Waals surface area contributed by atoms with Gasteiger partial charge in [-0.25, -0.2) is 0 Å². The van der Waals surface area contributed by atoms with E-state index in [1.54, 1.807) is 26.0 Å². The fourth-order valence-corrected chi connectivity index (χ4v) is 2.28. The molecule has 3 N–H and O–H groups in total. The van der Waals surface area contributed by atoms with Crippen molar-refractivity contribution in [2.45, 2.75) is 26.5 Å². The van der Waals surface area contributed by atoms with Crippen LogP contribution in [0.2, 0.25) is 0 Å². The van der Waals surface area contributed by atoms with E-state index in [0.29, 0.717) is 11.3 Å². The molecule has 4 nitrogen and oxygen atoms in total. The first kappa shape index (κ1) is 17.9. The van der Waals surface area contributed by atoms with Crippen molar-refractivity contribution in [1.29, 1.82) is 0 Å². The average Bonchev–Trinajstić information content (AvgIpc) is 2.56. The van der Waals surface area contributed by atoms with Gasteiger partial charge in [0.05, 0.1) is 5.92 Å². The number of halogens is 2. The molecule has 128 valence electrons. The zero-order chi connectivity index (χ0) is 17.7. The maximum absolute atomic E-state index is 12.4. The number of nitrogens with one attached hydrogen (secondary N) is 1. The summed E-state index contributed by atoms with van der Waals surface area (Å²) in [4.78, 5) is 12.4. The van der Waals surface area contributed by atoms with Crippen LogP contribution in [0, 0.1) is 12.8 Å². The Balaban J connectivity index is 2.08. The van der Waals surface area contributed by atoms with Gasteiger partial charge in [0.15, 0.2) is 0 Å². The van der Waals surface area contributed by atoms with Crippen LogP contribution in [0.1, 0.15) is 24.1 Å². The fourth-order valence-electron chi connectivity index (χ4n) is 2.28. The van der Waals surface area contributed by atoms with Crippen LogP contribution in [-0.4, -0.2) is 12.5 Å². The number of hydrogen-bond acceptors (Lipinski definition) is 3. The van der Waals surface area contributed by atoms with E-state index in [1.807, 2.05) is 30.3 Å². The van der Waals surface area contributed by atoms with E-state index < -0.39 is 18.6 Å². The summed E-state index contributed by atoms with van der Waals surface area (Å²) in [6.45, 7) is 0.453. The number of rotatable bonds is 6. The molecule has 2 unspecified atom stereocenters. The van der Waals surface area contributed by atoms with E-state index in [2.05, 4.69) is 10.1 Å². The minimum atomic E-state index is -2.92. The first-order valence-corrected chi connectivity index (χ1v) is 7.55. The highest BCUT2D eigenvalue weighted by Crippen LogP contribution is 2.26. The van der Waals surface area contributed by atoms with Gasteiger partial charge >= 0.3 is 6.61 Å². The maximum Gasteiger partial charge on any atom is 0.387 e. The molecule has 2 aromatic rings. The van der Waals surface area contributed by atoms with Crippen LogP contribution in [0.25, 0.3) is 0 Å². The monoisotopic (exact) mass is 334 g/mol. The Labute approximate surface area is 139 Å². The van der Waals surface area contributed by atoms with Crippen LogP contribution in [0.3, 0.4) is 0 Å². The molecule has 0 fully saturated rings. The molecule has 1 amide bonds. The van der Waals surface area contributed by atoms with Gasteiger partial charge in [-0.1, -0.05) is 43.3 Å². The van der Waals surface area contributed by atoms with E-state index in [4.69, 9.17) is 5.73 Å². The van der Waals surface area contributed by atoms with Crippen LogP contribution in [0.15, 0.2) is 48.5 Å². The van der Waals surface area contributed by atoms with Gasteiger partial charge in [-0.15, -0.1) is 0 Å². The molecule has 0 aliphatic carbocycles. The molecule has 6 heteroatoms. The number of ether oxygens (including phenoxy) is 1. The lowest BCUT2D eigenvalue weighted by Gasteiger charge is -2.20. The quantitative estimate of drug-likeness (QED) is 0.843. The number of carbonyl (C=O) groups is 1. The second-order valence-electron chi connectivity index (χ2n) is 5.57. The van der Waals surface area contributed by atoms with Gasteiger partial charge < -0.3 is 15.8 Å². The molecule has 0 aliphatic rings. The Morgan fingerprint density at radius 2 is 1.83 bits per heavy atom. The summed E-state index contributed by atoms with van der Waals surface area (Å²) < 4.78 is 29.2. The number of carbonyl (C=O) groups excluding carboxylic acids is 1. The summed E-state index contributed by atoms with van der Waals surface area (Å²) in [5.41, 5.74) is 7.92. The minimum absolute atomic E-state index is 0.0304. The topological polar surface area (TPSA) is 64.4 Å². The van der Waals surface area contributed by atoms with Crippen molar-refractivity contribution < 1.29 is 18.3 Å². The standard InChI is InChI=1S/C18H20F2N2O2/c1-11-8-9-14(10-15(11)24-18(19)20)22-17(23)12(2)16(21)13-6-4-3-5-7-13/h3-10,12,16,18H,21H2,1-2H3,(H,22,23). The normalized spacial score (nSPS) is 13.4. The van der Waals surface area contributed by atoms with Gasteiger partial charge in [0, 0.05) is 17.8 Å². The third-order valence-corrected chi connectivity index (χ3v) is 3.81. The third-order valence-electron chi connectivity index (χ3n) is 3.81. The summed E-state index contributed by atoms with van der Waals surface area (Å²) in [6.07, 6.45) is 0. The summed E-state index contributed by atoms with van der Waals surface area (Å²) in [6, 6.07) is 13.4. The molecule has 0 radical (unpaired) electrons. The van der Waals surface area contributed by atoms with Crippen LogP contribution >= 0.6 is 0 Å². The van der Waals surface area contributed by atoms with Crippen molar-refractivity contribution in [1.82, 2.24) is 0 Å². The molecule has 2 aromatic carbocycles.